The number of thioether (sulfide) groups is 1. The van der Waals surface area contributed by atoms with Crippen molar-refractivity contribution in [2.24, 2.45) is 0 Å². The highest BCUT2D eigenvalue weighted by Gasteiger charge is 2.20. The van der Waals surface area contributed by atoms with Gasteiger partial charge < -0.3 is 10.4 Å². The van der Waals surface area contributed by atoms with Crippen LogP contribution in [0.25, 0.3) is 0 Å². The van der Waals surface area contributed by atoms with Crippen LogP contribution in [0.5, 0.6) is 5.75 Å². The Morgan fingerprint density at radius 3 is 2.92 bits per heavy atom. The van der Waals surface area contributed by atoms with Crippen LogP contribution in [0.4, 0.5) is 5.69 Å². The molecule has 128 valence electrons. The van der Waals surface area contributed by atoms with Gasteiger partial charge in [0.05, 0.1) is 17.5 Å². The fourth-order valence-electron chi connectivity index (χ4n) is 2.76. The van der Waals surface area contributed by atoms with Crippen LogP contribution in [0.15, 0.2) is 23.4 Å². The third-order valence-electron chi connectivity index (χ3n) is 3.95. The molecule has 2 N–H and O–H groups in total. The average Bonchev–Trinajstić information content (AvgIpc) is 3.05. The standard InChI is InChI=1S/C15H18ClN5O2S/c16-10-6-7-12(13(22)8-10)17-14(23)9-24-15-18-19-20-21(15)11-4-2-1-3-5-11/h6-8,11,22H,1-5,9H2,(H,17,23). The second-order valence-electron chi connectivity index (χ2n) is 5.70. The summed E-state index contributed by atoms with van der Waals surface area (Å²) in [7, 11) is 0. The molecule has 1 fully saturated rings. The van der Waals surface area contributed by atoms with Crippen LogP contribution in [-0.4, -0.2) is 37.0 Å². The SMILES string of the molecule is O=C(CSc1nnnn1C1CCCCC1)Nc1ccc(Cl)cc1O. The Hall–Kier alpha value is -1.80. The molecule has 0 unspecified atom stereocenters. The van der Waals surface area contributed by atoms with Crippen LogP contribution in [0.3, 0.4) is 0 Å². The van der Waals surface area contributed by atoms with E-state index in [1.165, 1.54) is 37.1 Å². The first-order valence-corrected chi connectivity index (χ1v) is 9.19. The van der Waals surface area contributed by atoms with Gasteiger partial charge in [-0.1, -0.05) is 42.6 Å². The van der Waals surface area contributed by atoms with Gasteiger partial charge in [-0.25, -0.2) is 4.68 Å². The minimum absolute atomic E-state index is 0.0621. The highest BCUT2D eigenvalue weighted by molar-refractivity contribution is 7.99. The third kappa shape index (κ3) is 4.18. The van der Waals surface area contributed by atoms with Gasteiger partial charge in [0, 0.05) is 11.1 Å². The number of hydrogen-bond acceptors (Lipinski definition) is 6. The summed E-state index contributed by atoms with van der Waals surface area (Å²) in [5.41, 5.74) is 0.330. The van der Waals surface area contributed by atoms with Gasteiger partial charge in [-0.15, -0.1) is 5.10 Å². The predicted molar refractivity (Wildman–Crippen MR) is 92.4 cm³/mol. The predicted octanol–water partition coefficient (Wildman–Crippen LogP) is 3.27. The van der Waals surface area contributed by atoms with Gasteiger partial charge in [0.25, 0.3) is 0 Å². The summed E-state index contributed by atoms with van der Waals surface area (Å²) in [5.74, 6) is -0.140. The molecule has 1 aliphatic carbocycles. The maximum Gasteiger partial charge on any atom is 0.234 e. The van der Waals surface area contributed by atoms with Crippen LogP contribution >= 0.6 is 23.4 Å². The number of nitrogens with one attached hydrogen (secondary N) is 1. The number of carbonyl (C=O) groups is 1. The van der Waals surface area contributed by atoms with Crippen molar-refractivity contribution in [3.8, 4) is 5.75 Å². The zero-order chi connectivity index (χ0) is 16.9. The van der Waals surface area contributed by atoms with Crippen molar-refractivity contribution in [3.63, 3.8) is 0 Å². The van der Waals surface area contributed by atoms with Gasteiger partial charge in [0.2, 0.25) is 11.1 Å². The summed E-state index contributed by atoms with van der Waals surface area (Å²) in [6.07, 6.45) is 5.77. The molecule has 0 atom stereocenters. The molecule has 0 bridgehead atoms. The van der Waals surface area contributed by atoms with Crippen LogP contribution in [0.1, 0.15) is 38.1 Å². The van der Waals surface area contributed by atoms with E-state index in [4.69, 9.17) is 11.6 Å². The van der Waals surface area contributed by atoms with Crippen LogP contribution in [-0.2, 0) is 4.79 Å². The van der Waals surface area contributed by atoms with E-state index in [1.54, 1.807) is 12.1 Å². The maximum atomic E-state index is 12.1. The van der Waals surface area contributed by atoms with Crippen molar-refractivity contribution in [2.75, 3.05) is 11.1 Å². The van der Waals surface area contributed by atoms with Crippen molar-refractivity contribution >= 4 is 35.0 Å². The molecule has 1 heterocycles. The Morgan fingerprint density at radius 1 is 1.38 bits per heavy atom. The topological polar surface area (TPSA) is 92.9 Å². The molecule has 2 aromatic rings. The lowest BCUT2D eigenvalue weighted by molar-refractivity contribution is -0.113. The van der Waals surface area contributed by atoms with E-state index in [1.807, 2.05) is 4.68 Å². The van der Waals surface area contributed by atoms with Gasteiger partial charge in [-0.2, -0.15) is 0 Å². The first-order valence-electron chi connectivity index (χ1n) is 7.82. The van der Waals surface area contributed by atoms with E-state index in [9.17, 15) is 9.90 Å². The minimum Gasteiger partial charge on any atom is -0.506 e. The van der Waals surface area contributed by atoms with E-state index in [-0.39, 0.29) is 17.4 Å². The third-order valence-corrected chi connectivity index (χ3v) is 5.12. The number of hydrogen-bond donors (Lipinski definition) is 2. The number of carbonyl (C=O) groups excluding carboxylic acids is 1. The summed E-state index contributed by atoms with van der Waals surface area (Å²) in [6, 6.07) is 4.87. The van der Waals surface area contributed by atoms with Gasteiger partial charge in [-0.3, -0.25) is 4.79 Å². The Labute approximate surface area is 148 Å². The maximum absolute atomic E-state index is 12.1. The number of nitrogens with zero attached hydrogens (tertiary/aromatic N) is 4. The lowest BCUT2D eigenvalue weighted by Crippen LogP contribution is -2.17. The number of anilines is 1. The Bertz CT molecular complexity index is 718. The summed E-state index contributed by atoms with van der Waals surface area (Å²) < 4.78 is 1.83. The molecule has 0 radical (unpaired) electrons. The molecule has 0 spiro atoms. The summed E-state index contributed by atoms with van der Waals surface area (Å²) >= 11 is 7.06. The van der Waals surface area contributed by atoms with Crippen LogP contribution in [0.2, 0.25) is 5.02 Å². The van der Waals surface area contributed by atoms with Crippen LogP contribution in [0, 0.1) is 0 Å². The van der Waals surface area contributed by atoms with Gasteiger partial charge in [0.15, 0.2) is 0 Å². The molecule has 3 rings (SSSR count). The first-order chi connectivity index (χ1) is 11.6. The van der Waals surface area contributed by atoms with Crippen LogP contribution < -0.4 is 5.32 Å². The second-order valence-corrected chi connectivity index (χ2v) is 7.08. The smallest absolute Gasteiger partial charge is 0.234 e. The molecule has 7 nitrogen and oxygen atoms in total. The number of rotatable bonds is 5. The summed E-state index contributed by atoms with van der Waals surface area (Å²) in [6.45, 7) is 0. The number of aromatic nitrogens is 4. The van der Waals surface area contributed by atoms with Gasteiger partial charge in [0.1, 0.15) is 5.75 Å². The largest absolute Gasteiger partial charge is 0.506 e. The monoisotopic (exact) mass is 367 g/mol. The van der Waals surface area contributed by atoms with Crippen molar-refractivity contribution in [3.05, 3.63) is 23.2 Å². The van der Waals surface area contributed by atoms with Crippen molar-refractivity contribution in [2.45, 2.75) is 43.3 Å². The normalized spacial score (nSPS) is 15.4. The van der Waals surface area contributed by atoms with Crippen molar-refractivity contribution in [1.29, 1.82) is 0 Å². The fraction of sp³-hybridized carbons (Fsp3) is 0.467. The molecule has 0 saturated heterocycles. The molecule has 24 heavy (non-hydrogen) atoms. The molecule has 1 aromatic heterocycles. The molecule has 1 amide bonds. The summed E-state index contributed by atoms with van der Waals surface area (Å²) in [4.78, 5) is 12.1. The summed E-state index contributed by atoms with van der Waals surface area (Å²) in [5, 5.41) is 25.3. The average molecular weight is 368 g/mol. The molecule has 1 saturated carbocycles. The molecule has 1 aromatic carbocycles. The van der Waals surface area contributed by atoms with Crippen molar-refractivity contribution in [1.82, 2.24) is 20.2 Å². The Morgan fingerprint density at radius 2 is 2.17 bits per heavy atom. The number of benzene rings is 1. The lowest BCUT2D eigenvalue weighted by Gasteiger charge is -2.21. The molecule has 9 heteroatoms. The van der Waals surface area contributed by atoms with Gasteiger partial charge >= 0.3 is 0 Å². The van der Waals surface area contributed by atoms with E-state index in [0.717, 1.165) is 12.8 Å². The minimum atomic E-state index is -0.240. The highest BCUT2D eigenvalue weighted by Crippen LogP contribution is 2.30. The number of aromatic hydroxyl groups is 1. The molecule has 1 aliphatic rings. The number of phenolic OH excluding ortho intramolecular Hbond substituents is 1. The first kappa shape index (κ1) is 17.0. The molecule has 0 aliphatic heterocycles. The molecular weight excluding hydrogens is 350 g/mol. The van der Waals surface area contributed by atoms with Gasteiger partial charge in [-0.05, 0) is 35.4 Å². The highest BCUT2D eigenvalue weighted by atomic mass is 35.5. The van der Waals surface area contributed by atoms with E-state index in [2.05, 4.69) is 20.8 Å². The lowest BCUT2D eigenvalue weighted by atomic mass is 9.96. The number of halogens is 1. The van der Waals surface area contributed by atoms with E-state index >= 15 is 0 Å². The van der Waals surface area contributed by atoms with E-state index < -0.39 is 0 Å². The quantitative estimate of drug-likeness (QED) is 0.622. The molecular formula is C15H18ClN5O2S. The fourth-order valence-corrected chi connectivity index (χ4v) is 3.67. The zero-order valence-corrected chi connectivity index (χ0v) is 14.6. The Balaban J connectivity index is 1.57. The zero-order valence-electron chi connectivity index (χ0n) is 13.0. The van der Waals surface area contributed by atoms with Crippen molar-refractivity contribution < 1.29 is 9.90 Å². The number of amides is 1. The second kappa shape index (κ2) is 7.85. The van der Waals surface area contributed by atoms with E-state index in [0.29, 0.717) is 21.9 Å². The number of phenols is 1. The number of tetrazole rings is 1. The Kier molecular flexibility index (Phi) is 5.57.